The first kappa shape index (κ1) is 32.9. The molecule has 10 nitrogen and oxygen atoms in total. The molecule has 2 amide bonds. The van der Waals surface area contributed by atoms with Gasteiger partial charge in [-0.05, 0) is 47.2 Å². The second-order valence-electron chi connectivity index (χ2n) is 8.39. The van der Waals surface area contributed by atoms with Gasteiger partial charge in [0.05, 0.1) is 11.9 Å². The van der Waals surface area contributed by atoms with Crippen LogP contribution in [0.2, 0.25) is 0 Å². The molecule has 188 valence electrons. The number of rotatable bonds is 4. The fourth-order valence-electron chi connectivity index (χ4n) is 3.89. The van der Waals surface area contributed by atoms with Crippen molar-refractivity contribution in [2.75, 3.05) is 26.2 Å². The summed E-state index contributed by atoms with van der Waals surface area (Å²) >= 11 is 0. The number of carboxylic acids is 2. The topological polar surface area (TPSA) is 147 Å². The molecule has 0 radical (unpaired) electrons. The maximum Gasteiger partial charge on any atom is 1.00 e. The summed E-state index contributed by atoms with van der Waals surface area (Å²) in [5, 5.41) is 21.5. The zero-order valence-electron chi connectivity index (χ0n) is 22.1. The number of pyridine rings is 2. The summed E-state index contributed by atoms with van der Waals surface area (Å²) in [5.74, 6) is -2.36. The van der Waals surface area contributed by atoms with Gasteiger partial charge in [0.2, 0.25) is 11.8 Å². The second-order valence-corrected chi connectivity index (χ2v) is 8.39. The van der Waals surface area contributed by atoms with Gasteiger partial charge >= 0.3 is 37.7 Å². The van der Waals surface area contributed by atoms with Gasteiger partial charge in [0.1, 0.15) is 0 Å². The number of aromatic carboxylic acids is 2. The number of aromatic nitrogens is 2. The Balaban J connectivity index is 0.000000361. The maximum atomic E-state index is 11.2. The zero-order chi connectivity index (χ0) is 26.2. The van der Waals surface area contributed by atoms with Crippen LogP contribution in [0.1, 0.15) is 58.5 Å². The Labute approximate surface area is 245 Å². The second kappa shape index (κ2) is 15.3. The molecule has 0 N–H and O–H groups in total. The van der Waals surface area contributed by atoms with Gasteiger partial charge in [-0.2, -0.15) is 0 Å². The molecule has 0 unspecified atom stereocenters. The summed E-state index contributed by atoms with van der Waals surface area (Å²) in [7, 11) is 0. The molecule has 0 fully saturated rings. The zero-order valence-corrected chi connectivity index (χ0v) is 22.1. The van der Waals surface area contributed by atoms with Crippen LogP contribution < -0.4 is 47.9 Å². The van der Waals surface area contributed by atoms with Crippen molar-refractivity contribution in [3.8, 4) is 0 Å². The molecule has 2 aromatic heterocycles. The van der Waals surface area contributed by atoms with Gasteiger partial charge < -0.3 is 29.6 Å². The van der Waals surface area contributed by atoms with Crippen LogP contribution in [-0.2, 0) is 9.59 Å². The summed E-state index contributed by atoms with van der Waals surface area (Å²) in [5.41, 5.74) is 3.73. The quantitative estimate of drug-likeness (QED) is 0.374. The summed E-state index contributed by atoms with van der Waals surface area (Å²) in [4.78, 5) is 55.1. The van der Waals surface area contributed by atoms with Crippen LogP contribution in [0.5, 0.6) is 0 Å². The van der Waals surface area contributed by atoms with Crippen LogP contribution in [0.15, 0.2) is 49.1 Å². The number of hydrogen-bond donors (Lipinski definition) is 0. The van der Waals surface area contributed by atoms with Crippen molar-refractivity contribution < 1.29 is 67.1 Å². The van der Waals surface area contributed by atoms with Gasteiger partial charge in [-0.25, -0.2) is 0 Å². The summed E-state index contributed by atoms with van der Waals surface area (Å²) in [6.45, 7) is 5.49. The third-order valence-electron chi connectivity index (χ3n) is 6.00. The van der Waals surface area contributed by atoms with Crippen LogP contribution in [0.3, 0.4) is 0 Å². The summed E-state index contributed by atoms with van der Waals surface area (Å²) in [6, 6.07) is 3.11. The number of carboxylic acid groups (broad SMARTS) is 2. The first-order valence-corrected chi connectivity index (χ1v) is 11.4. The largest absolute Gasteiger partial charge is 1.00 e. The van der Waals surface area contributed by atoms with Crippen molar-refractivity contribution in [2.24, 2.45) is 0 Å². The Morgan fingerprint density at radius 2 is 1.05 bits per heavy atom. The number of nitrogens with zero attached hydrogens (tertiary/aromatic N) is 4. The summed E-state index contributed by atoms with van der Waals surface area (Å²) in [6.07, 6.45) is 11.1. The number of carbonyl (C=O) groups excluding carboxylic acids is 4. The first-order valence-electron chi connectivity index (χ1n) is 11.4. The molecule has 12 heteroatoms. The van der Waals surface area contributed by atoms with E-state index in [1.807, 2.05) is 12.2 Å². The van der Waals surface area contributed by atoms with E-state index in [0.717, 1.165) is 22.3 Å². The first-order chi connectivity index (χ1) is 17.2. The Morgan fingerprint density at radius 1 is 0.684 bits per heavy atom. The van der Waals surface area contributed by atoms with Gasteiger partial charge in [0, 0.05) is 75.9 Å². The molecule has 0 atom stereocenters. The molecule has 0 aromatic carbocycles. The van der Waals surface area contributed by atoms with Crippen LogP contribution in [-0.4, -0.2) is 69.7 Å². The Kier molecular flexibility index (Phi) is 13.2. The SMILES string of the molecule is CC(=O)N1CC=C(c2cncc(C(=O)[O-])c2)CC1.CC(=O)N1CC=C(c2cncc(C(=O)[O-])c2)CC1.[Li+].[Li+]. The van der Waals surface area contributed by atoms with Crippen LogP contribution in [0.25, 0.3) is 11.1 Å². The predicted octanol–water partition coefficient (Wildman–Crippen LogP) is -5.83. The Morgan fingerprint density at radius 3 is 1.32 bits per heavy atom. The minimum absolute atomic E-state index is 0. The van der Waals surface area contributed by atoms with Crippen molar-refractivity contribution >= 4 is 34.9 Å². The number of hydrogen-bond acceptors (Lipinski definition) is 8. The monoisotopic (exact) mass is 504 g/mol. The average molecular weight is 504 g/mol. The third-order valence-corrected chi connectivity index (χ3v) is 6.00. The normalized spacial score (nSPS) is 14.4. The van der Waals surface area contributed by atoms with Gasteiger partial charge in [-0.3, -0.25) is 19.6 Å². The van der Waals surface area contributed by atoms with Crippen molar-refractivity contribution in [3.05, 3.63) is 71.3 Å². The minimum atomic E-state index is -1.23. The van der Waals surface area contributed by atoms with E-state index in [1.54, 1.807) is 34.3 Å². The standard InChI is InChI=1S/2C13H14N2O3.2Li/c2*1-9(16)15-4-2-10(3-5-15)11-6-12(13(17)18)8-14-7-11;;/h2*2,6-8H,3-5H2,1H3,(H,17,18);;/q;;2*+1/p-2. The Bertz CT molecular complexity index is 1150. The summed E-state index contributed by atoms with van der Waals surface area (Å²) < 4.78 is 0. The third kappa shape index (κ3) is 9.00. The minimum Gasteiger partial charge on any atom is -0.545 e. The van der Waals surface area contributed by atoms with E-state index < -0.39 is 11.9 Å². The molecule has 0 bridgehead atoms. The van der Waals surface area contributed by atoms with Crippen molar-refractivity contribution in [1.29, 1.82) is 0 Å². The molecule has 0 saturated heterocycles. The van der Waals surface area contributed by atoms with Crippen LogP contribution in [0, 0.1) is 0 Å². The van der Waals surface area contributed by atoms with Gasteiger partial charge in [0.15, 0.2) is 0 Å². The van der Waals surface area contributed by atoms with Crippen molar-refractivity contribution in [2.45, 2.75) is 26.7 Å². The molecule has 0 saturated carbocycles. The van der Waals surface area contributed by atoms with E-state index in [2.05, 4.69) is 9.97 Å². The molecule has 2 aromatic rings. The fourth-order valence-corrected chi connectivity index (χ4v) is 3.89. The van der Waals surface area contributed by atoms with Crippen molar-refractivity contribution in [1.82, 2.24) is 19.8 Å². The van der Waals surface area contributed by atoms with E-state index in [-0.39, 0.29) is 60.7 Å². The molecule has 0 spiro atoms. The van der Waals surface area contributed by atoms with E-state index in [1.165, 1.54) is 26.2 Å². The van der Waals surface area contributed by atoms with Gasteiger partial charge in [-0.15, -0.1) is 0 Å². The van der Waals surface area contributed by atoms with E-state index in [0.29, 0.717) is 39.0 Å². The molecular formula is C26H26Li2N4O6. The predicted molar refractivity (Wildman–Crippen MR) is 127 cm³/mol. The number of amides is 2. The number of carbonyl (C=O) groups is 4. The van der Waals surface area contributed by atoms with Crippen LogP contribution in [0.4, 0.5) is 0 Å². The molecule has 2 aliphatic rings. The van der Waals surface area contributed by atoms with E-state index >= 15 is 0 Å². The fraction of sp³-hybridized carbons (Fsp3) is 0.308. The van der Waals surface area contributed by atoms with E-state index in [9.17, 15) is 29.4 Å². The van der Waals surface area contributed by atoms with Crippen molar-refractivity contribution in [3.63, 3.8) is 0 Å². The van der Waals surface area contributed by atoms with E-state index in [4.69, 9.17) is 0 Å². The maximum absolute atomic E-state index is 11.2. The molecule has 0 aliphatic carbocycles. The smallest absolute Gasteiger partial charge is 0.545 e. The van der Waals surface area contributed by atoms with Gasteiger partial charge in [0.25, 0.3) is 0 Å². The molecule has 38 heavy (non-hydrogen) atoms. The average Bonchev–Trinajstić information content (AvgIpc) is 2.89. The molecule has 4 rings (SSSR count). The molecule has 2 aliphatic heterocycles. The molecule has 4 heterocycles. The molecular weight excluding hydrogens is 478 g/mol. The van der Waals surface area contributed by atoms with Crippen LogP contribution >= 0.6 is 0 Å². The van der Waals surface area contributed by atoms with Gasteiger partial charge in [-0.1, -0.05) is 12.2 Å². The Hall–Kier alpha value is -3.15.